The minimum atomic E-state index is -0.738. The van der Waals surface area contributed by atoms with Gasteiger partial charge in [0, 0.05) is 25.1 Å². The summed E-state index contributed by atoms with van der Waals surface area (Å²) in [5.74, 6) is 4.69. The van der Waals surface area contributed by atoms with Gasteiger partial charge in [0.2, 0.25) is 11.8 Å². The van der Waals surface area contributed by atoms with E-state index < -0.39 is 17.9 Å². The van der Waals surface area contributed by atoms with Crippen LogP contribution in [0, 0.1) is 0 Å². The highest BCUT2D eigenvalue weighted by Crippen LogP contribution is 2.29. The lowest BCUT2D eigenvalue weighted by Gasteiger charge is -2.33. The van der Waals surface area contributed by atoms with Crippen LogP contribution in [0.15, 0.2) is 42.5 Å². The number of carbonyl (C=O) groups excluding carboxylic acids is 4. The van der Waals surface area contributed by atoms with Crippen LogP contribution in [0.5, 0.6) is 0 Å². The number of hydrogen-bond donors (Lipinski definition) is 2. The van der Waals surface area contributed by atoms with Crippen LogP contribution in [-0.2, 0) is 33.9 Å². The number of amides is 4. The van der Waals surface area contributed by atoms with Crippen LogP contribution in [0.2, 0.25) is 0 Å². The largest absolute Gasteiger partial charge is 0.352 e. The molecule has 1 atom stereocenters. The first kappa shape index (κ1) is 22.7. The normalized spacial score (nSPS) is 18.2. The number of carbonyl (C=O) groups is 4. The van der Waals surface area contributed by atoms with Crippen LogP contribution in [0.1, 0.15) is 65.2 Å². The smallest absolute Gasteiger partial charge is 0.266 e. The van der Waals surface area contributed by atoms with E-state index in [1.807, 2.05) is 30.3 Å². The number of hydrazine groups is 1. The first-order chi connectivity index (χ1) is 15.7. The Kier molecular flexibility index (Phi) is 6.29. The summed E-state index contributed by atoms with van der Waals surface area (Å²) in [6, 6.07) is 12.7. The summed E-state index contributed by atoms with van der Waals surface area (Å²) in [5.41, 5.74) is 4.39. The lowest BCUT2D eigenvalue weighted by molar-refractivity contribution is -0.152. The predicted molar refractivity (Wildman–Crippen MR) is 121 cm³/mol. The number of fused-ring (bicyclic) bond motifs is 1. The summed E-state index contributed by atoms with van der Waals surface area (Å²) in [6.07, 6.45) is 0.699. The second-order valence-corrected chi connectivity index (χ2v) is 8.93. The molecule has 2 aromatic carbocycles. The zero-order valence-electron chi connectivity index (χ0n) is 18.8. The van der Waals surface area contributed by atoms with Gasteiger partial charge in [0.1, 0.15) is 6.04 Å². The molecule has 0 spiro atoms. The molecule has 2 aromatic rings. The summed E-state index contributed by atoms with van der Waals surface area (Å²) in [7, 11) is 0. The van der Waals surface area contributed by atoms with E-state index in [-0.39, 0.29) is 31.2 Å². The molecule has 3 N–H and O–H groups in total. The van der Waals surface area contributed by atoms with Crippen molar-refractivity contribution in [1.29, 1.82) is 0 Å². The quantitative estimate of drug-likeness (QED) is 0.399. The molecule has 0 aliphatic carbocycles. The lowest BCUT2D eigenvalue weighted by atomic mass is 10.0. The fraction of sp³-hybridized carbons (Fsp3) is 0.360. The van der Waals surface area contributed by atoms with Gasteiger partial charge in [0.15, 0.2) is 0 Å². The van der Waals surface area contributed by atoms with Gasteiger partial charge in [-0.25, -0.2) is 10.9 Å². The van der Waals surface area contributed by atoms with Crippen molar-refractivity contribution >= 4 is 23.6 Å². The summed E-state index contributed by atoms with van der Waals surface area (Å²) < 4.78 is 0. The van der Waals surface area contributed by atoms with E-state index in [0.717, 1.165) is 16.7 Å². The third-order valence-electron chi connectivity index (χ3n) is 6.30. The van der Waals surface area contributed by atoms with Gasteiger partial charge in [-0.3, -0.25) is 19.2 Å². The highest BCUT2D eigenvalue weighted by molar-refractivity contribution is 6.05. The Hall–Kier alpha value is -3.52. The predicted octanol–water partition coefficient (Wildman–Crippen LogP) is 2.02. The molecule has 172 valence electrons. The topological polar surface area (TPSA) is 113 Å². The Balaban J connectivity index is 1.36. The molecular formula is C25H28N4O4. The van der Waals surface area contributed by atoms with E-state index in [4.69, 9.17) is 5.84 Å². The van der Waals surface area contributed by atoms with Crippen LogP contribution in [0.25, 0.3) is 0 Å². The van der Waals surface area contributed by atoms with Gasteiger partial charge in [0.25, 0.3) is 11.8 Å². The van der Waals surface area contributed by atoms with Gasteiger partial charge >= 0.3 is 0 Å². The number of nitrogens with one attached hydrogen (secondary N) is 1. The van der Waals surface area contributed by atoms with Crippen LogP contribution in [-0.4, -0.2) is 39.6 Å². The van der Waals surface area contributed by atoms with E-state index >= 15 is 0 Å². The Morgan fingerprint density at radius 1 is 1.09 bits per heavy atom. The second kappa shape index (κ2) is 9.15. The number of piperidine rings is 1. The summed E-state index contributed by atoms with van der Waals surface area (Å²) in [4.78, 5) is 50.7. The summed E-state index contributed by atoms with van der Waals surface area (Å²) >= 11 is 0. The molecule has 8 heteroatoms. The third-order valence-corrected chi connectivity index (χ3v) is 6.30. The van der Waals surface area contributed by atoms with Gasteiger partial charge in [-0.15, -0.1) is 0 Å². The van der Waals surface area contributed by atoms with Crippen molar-refractivity contribution in [2.24, 2.45) is 5.84 Å². The van der Waals surface area contributed by atoms with Crippen LogP contribution < -0.4 is 11.2 Å². The average molecular weight is 449 g/mol. The molecule has 2 aliphatic rings. The number of nitrogens with zero attached hydrogens (tertiary/aromatic N) is 2. The molecule has 4 amide bonds. The minimum Gasteiger partial charge on any atom is -0.352 e. The van der Waals surface area contributed by atoms with E-state index in [0.29, 0.717) is 29.5 Å². The Labute approximate surface area is 192 Å². The van der Waals surface area contributed by atoms with Crippen molar-refractivity contribution in [3.63, 3.8) is 0 Å². The number of rotatable bonds is 6. The molecule has 0 bridgehead atoms. The first-order valence-electron chi connectivity index (χ1n) is 11.1. The van der Waals surface area contributed by atoms with Crippen molar-refractivity contribution in [2.75, 3.05) is 0 Å². The van der Waals surface area contributed by atoms with Crippen molar-refractivity contribution in [1.82, 2.24) is 15.2 Å². The molecule has 0 radical (unpaired) electrons. The van der Waals surface area contributed by atoms with E-state index in [9.17, 15) is 19.2 Å². The van der Waals surface area contributed by atoms with E-state index in [1.54, 1.807) is 12.1 Å². The standard InChI is InChI=1S/C25H28N4O4/c1-15(2)18-6-3-16(4-7-18)12-22(30)27-13-17-5-8-20-19(11-17)14-28(24(20)32)21-9-10-23(31)29(26)25(21)33/h3-8,11,15,21H,9-10,12-14,26H2,1-2H3,(H,27,30). The summed E-state index contributed by atoms with van der Waals surface area (Å²) in [5, 5.41) is 3.54. The molecule has 2 aliphatic heterocycles. The molecule has 33 heavy (non-hydrogen) atoms. The second-order valence-electron chi connectivity index (χ2n) is 8.93. The van der Waals surface area contributed by atoms with Crippen LogP contribution in [0.4, 0.5) is 0 Å². The molecule has 8 nitrogen and oxygen atoms in total. The average Bonchev–Trinajstić information content (AvgIpc) is 3.12. The Morgan fingerprint density at radius 2 is 1.79 bits per heavy atom. The van der Waals surface area contributed by atoms with Gasteiger partial charge in [-0.05, 0) is 40.7 Å². The molecule has 2 heterocycles. The molecule has 1 saturated heterocycles. The zero-order valence-corrected chi connectivity index (χ0v) is 18.8. The van der Waals surface area contributed by atoms with Crippen LogP contribution >= 0.6 is 0 Å². The van der Waals surface area contributed by atoms with E-state index in [1.165, 1.54) is 10.5 Å². The minimum absolute atomic E-state index is 0.0778. The fourth-order valence-corrected chi connectivity index (χ4v) is 4.30. The Morgan fingerprint density at radius 3 is 2.48 bits per heavy atom. The van der Waals surface area contributed by atoms with Gasteiger partial charge in [-0.2, -0.15) is 0 Å². The van der Waals surface area contributed by atoms with Gasteiger partial charge in [0.05, 0.1) is 6.42 Å². The maximum atomic E-state index is 12.8. The maximum Gasteiger partial charge on any atom is 0.266 e. The lowest BCUT2D eigenvalue weighted by Crippen LogP contribution is -2.57. The number of benzene rings is 2. The number of nitrogens with two attached hydrogens (primary N) is 1. The van der Waals surface area contributed by atoms with Crippen molar-refractivity contribution in [3.8, 4) is 0 Å². The molecule has 1 unspecified atom stereocenters. The van der Waals surface area contributed by atoms with E-state index in [2.05, 4.69) is 19.2 Å². The molecular weight excluding hydrogens is 420 g/mol. The van der Waals surface area contributed by atoms with Gasteiger partial charge < -0.3 is 10.2 Å². The molecule has 0 aromatic heterocycles. The maximum absolute atomic E-state index is 12.8. The van der Waals surface area contributed by atoms with Crippen molar-refractivity contribution in [3.05, 3.63) is 70.3 Å². The molecule has 1 fully saturated rings. The monoisotopic (exact) mass is 448 g/mol. The SMILES string of the molecule is CC(C)c1ccc(CC(=O)NCc2ccc3c(c2)CN(C2CCC(=O)N(N)C2=O)C3=O)cc1. The summed E-state index contributed by atoms with van der Waals surface area (Å²) in [6.45, 7) is 4.88. The van der Waals surface area contributed by atoms with Crippen LogP contribution in [0.3, 0.4) is 0 Å². The highest BCUT2D eigenvalue weighted by atomic mass is 16.2. The van der Waals surface area contributed by atoms with Crippen molar-refractivity contribution < 1.29 is 19.2 Å². The molecule has 4 rings (SSSR count). The fourth-order valence-electron chi connectivity index (χ4n) is 4.30. The zero-order chi connectivity index (χ0) is 23.7. The third kappa shape index (κ3) is 4.66. The Bertz CT molecular complexity index is 1110. The first-order valence-corrected chi connectivity index (χ1v) is 11.1. The number of hydrogen-bond acceptors (Lipinski definition) is 5. The highest BCUT2D eigenvalue weighted by Gasteiger charge is 2.41. The van der Waals surface area contributed by atoms with Crippen molar-refractivity contribution in [2.45, 2.75) is 58.2 Å². The van der Waals surface area contributed by atoms with Gasteiger partial charge in [-0.1, -0.05) is 50.2 Å². The number of imide groups is 1. The molecule has 0 saturated carbocycles.